The molecule has 0 unspecified atom stereocenters. The molecule has 2 amide bonds. The van der Waals surface area contributed by atoms with Crippen molar-refractivity contribution in [2.75, 3.05) is 0 Å². The molecule has 3 N–H and O–H groups in total. The van der Waals surface area contributed by atoms with Gasteiger partial charge in [0.1, 0.15) is 22.4 Å². The summed E-state index contributed by atoms with van der Waals surface area (Å²) in [4.78, 5) is 36.5. The third-order valence-electron chi connectivity index (χ3n) is 4.95. The number of amides is 2. The summed E-state index contributed by atoms with van der Waals surface area (Å²) in [5.74, 6) is -2.57. The van der Waals surface area contributed by atoms with Gasteiger partial charge in [-0.1, -0.05) is 48.0 Å². The summed E-state index contributed by atoms with van der Waals surface area (Å²) >= 11 is 0. The van der Waals surface area contributed by atoms with Crippen LogP contribution in [0.1, 0.15) is 28.4 Å². The van der Waals surface area contributed by atoms with E-state index in [2.05, 4.69) is 10.6 Å². The highest BCUT2D eigenvalue weighted by Crippen LogP contribution is 2.20. The summed E-state index contributed by atoms with van der Waals surface area (Å²) < 4.78 is 30.2. The summed E-state index contributed by atoms with van der Waals surface area (Å²) in [6, 6.07) is 19.0. The average molecular weight is 509 g/mol. The molecule has 0 radical (unpaired) electrons. The molecule has 0 saturated carbocycles. The van der Waals surface area contributed by atoms with Crippen molar-refractivity contribution in [1.82, 2.24) is 10.6 Å². The zero-order valence-electron chi connectivity index (χ0n) is 19.5. The fourth-order valence-electron chi connectivity index (χ4n) is 2.94. The van der Waals surface area contributed by atoms with Crippen LogP contribution in [0.4, 0.5) is 0 Å². The van der Waals surface area contributed by atoms with Crippen molar-refractivity contribution in [2.24, 2.45) is 0 Å². The number of carbonyl (C=O) groups excluding carboxylic acids is 2. The van der Waals surface area contributed by atoms with Crippen LogP contribution in [0.5, 0.6) is 5.75 Å². The number of hydrogen-bond acceptors (Lipinski definition) is 6. The zero-order valence-corrected chi connectivity index (χ0v) is 20.3. The van der Waals surface area contributed by atoms with Crippen LogP contribution < -0.4 is 14.8 Å². The maximum absolute atomic E-state index is 12.7. The lowest BCUT2D eigenvalue weighted by Crippen LogP contribution is -2.42. The number of aliphatic carboxylic acids is 1. The lowest BCUT2D eigenvalue weighted by atomic mass is 10.1. The van der Waals surface area contributed by atoms with Gasteiger partial charge in [-0.3, -0.25) is 14.4 Å². The van der Waals surface area contributed by atoms with E-state index in [1.807, 2.05) is 6.92 Å². The standard InChI is InChI=1S/C26H24N2O7S/c1-17-8-14-22(15-9-17)36(33,34)35-21-12-10-19(11-13-21)16-23(25(30)27-18(2)26(31)32)28-24(29)20-6-4-3-5-7-20/h3-16,18H,1-2H3,(H,27,30)(H,28,29)(H,31,32)/b23-16+/t18-/m0/s1. The van der Waals surface area contributed by atoms with Gasteiger partial charge in [0.2, 0.25) is 0 Å². The van der Waals surface area contributed by atoms with Gasteiger partial charge in [0.15, 0.2) is 0 Å². The minimum absolute atomic E-state index is 0.00667. The van der Waals surface area contributed by atoms with Gasteiger partial charge >= 0.3 is 16.1 Å². The molecule has 0 saturated heterocycles. The summed E-state index contributed by atoms with van der Waals surface area (Å²) in [6.45, 7) is 3.13. The third kappa shape index (κ3) is 7.03. The number of rotatable bonds is 9. The second-order valence-electron chi connectivity index (χ2n) is 7.83. The molecule has 0 aliphatic heterocycles. The number of benzene rings is 3. The second kappa shape index (κ2) is 11.3. The molecule has 0 fully saturated rings. The summed E-state index contributed by atoms with van der Waals surface area (Å²) in [5, 5.41) is 13.9. The highest BCUT2D eigenvalue weighted by molar-refractivity contribution is 7.87. The van der Waals surface area contributed by atoms with E-state index in [4.69, 9.17) is 9.29 Å². The Hall–Kier alpha value is -4.44. The van der Waals surface area contributed by atoms with Crippen molar-refractivity contribution in [3.8, 4) is 5.75 Å². The van der Waals surface area contributed by atoms with Gasteiger partial charge in [-0.05, 0) is 61.9 Å². The van der Waals surface area contributed by atoms with Gasteiger partial charge in [0, 0.05) is 5.56 Å². The number of carboxylic acids is 1. The molecule has 3 rings (SSSR count). The predicted octanol–water partition coefficient (Wildman–Crippen LogP) is 3.12. The van der Waals surface area contributed by atoms with Crippen LogP contribution in [-0.4, -0.2) is 37.3 Å². The molecule has 0 spiro atoms. The number of nitrogens with one attached hydrogen (secondary N) is 2. The Morgan fingerprint density at radius 1 is 0.917 bits per heavy atom. The average Bonchev–Trinajstić information content (AvgIpc) is 2.85. The van der Waals surface area contributed by atoms with Crippen molar-refractivity contribution in [2.45, 2.75) is 24.8 Å². The normalized spacial score (nSPS) is 12.3. The van der Waals surface area contributed by atoms with E-state index >= 15 is 0 Å². The molecule has 10 heteroatoms. The Morgan fingerprint density at radius 2 is 1.53 bits per heavy atom. The Bertz CT molecular complexity index is 1380. The van der Waals surface area contributed by atoms with Crippen LogP contribution in [0, 0.1) is 6.92 Å². The number of carbonyl (C=O) groups is 3. The van der Waals surface area contributed by atoms with Crippen LogP contribution in [0.15, 0.2) is 89.5 Å². The fraction of sp³-hybridized carbons (Fsp3) is 0.115. The molecule has 0 heterocycles. The van der Waals surface area contributed by atoms with E-state index in [1.165, 1.54) is 49.4 Å². The molecule has 0 bridgehead atoms. The molecular weight excluding hydrogens is 484 g/mol. The predicted molar refractivity (Wildman–Crippen MR) is 133 cm³/mol. The first-order valence-electron chi connectivity index (χ1n) is 10.8. The Labute approximate surface area is 208 Å². The quantitative estimate of drug-likeness (QED) is 0.298. The van der Waals surface area contributed by atoms with Crippen molar-refractivity contribution >= 4 is 34.0 Å². The molecular formula is C26H24N2O7S. The number of hydrogen-bond donors (Lipinski definition) is 3. The lowest BCUT2D eigenvalue weighted by molar-refractivity contribution is -0.140. The Kier molecular flexibility index (Phi) is 8.23. The Morgan fingerprint density at radius 3 is 2.11 bits per heavy atom. The van der Waals surface area contributed by atoms with Gasteiger partial charge < -0.3 is 19.9 Å². The van der Waals surface area contributed by atoms with E-state index in [-0.39, 0.29) is 16.3 Å². The summed E-state index contributed by atoms with van der Waals surface area (Å²) in [5.41, 5.74) is 1.43. The van der Waals surface area contributed by atoms with Crippen LogP contribution in [0.2, 0.25) is 0 Å². The fourth-order valence-corrected chi connectivity index (χ4v) is 3.87. The molecule has 0 aliphatic rings. The van der Waals surface area contributed by atoms with Crippen LogP contribution in [0.25, 0.3) is 6.08 Å². The van der Waals surface area contributed by atoms with Gasteiger partial charge in [-0.15, -0.1) is 0 Å². The first-order valence-corrected chi connectivity index (χ1v) is 12.2. The molecule has 3 aromatic carbocycles. The van der Waals surface area contributed by atoms with Crippen molar-refractivity contribution in [3.63, 3.8) is 0 Å². The van der Waals surface area contributed by atoms with E-state index in [1.54, 1.807) is 42.5 Å². The van der Waals surface area contributed by atoms with Crippen LogP contribution in [0.3, 0.4) is 0 Å². The highest BCUT2D eigenvalue weighted by atomic mass is 32.2. The largest absolute Gasteiger partial charge is 0.480 e. The smallest absolute Gasteiger partial charge is 0.339 e. The molecule has 0 aliphatic carbocycles. The van der Waals surface area contributed by atoms with Gasteiger partial charge in [-0.25, -0.2) is 0 Å². The van der Waals surface area contributed by atoms with Gasteiger partial charge in [0.25, 0.3) is 11.8 Å². The second-order valence-corrected chi connectivity index (χ2v) is 9.38. The molecule has 1 atom stereocenters. The SMILES string of the molecule is Cc1ccc(S(=O)(=O)Oc2ccc(/C=C(/NC(=O)c3ccccc3)C(=O)N[C@@H](C)C(=O)O)cc2)cc1. The minimum Gasteiger partial charge on any atom is -0.480 e. The number of aryl methyl sites for hydroxylation is 1. The van der Waals surface area contributed by atoms with Gasteiger partial charge in [-0.2, -0.15) is 8.42 Å². The molecule has 186 valence electrons. The van der Waals surface area contributed by atoms with E-state index in [0.29, 0.717) is 11.1 Å². The lowest BCUT2D eigenvalue weighted by Gasteiger charge is -2.13. The number of carboxylic acid groups (broad SMARTS) is 1. The van der Waals surface area contributed by atoms with E-state index in [9.17, 15) is 22.8 Å². The Balaban J connectivity index is 1.83. The monoisotopic (exact) mass is 508 g/mol. The maximum atomic E-state index is 12.7. The van der Waals surface area contributed by atoms with E-state index in [0.717, 1.165) is 5.56 Å². The van der Waals surface area contributed by atoms with Crippen molar-refractivity contribution in [1.29, 1.82) is 0 Å². The summed E-state index contributed by atoms with van der Waals surface area (Å²) in [6.07, 6.45) is 1.34. The van der Waals surface area contributed by atoms with Crippen LogP contribution >= 0.6 is 0 Å². The highest BCUT2D eigenvalue weighted by Gasteiger charge is 2.20. The molecule has 3 aromatic rings. The minimum atomic E-state index is -4.04. The third-order valence-corrected chi connectivity index (χ3v) is 6.21. The van der Waals surface area contributed by atoms with Crippen molar-refractivity contribution < 1.29 is 32.1 Å². The first-order chi connectivity index (χ1) is 17.0. The van der Waals surface area contributed by atoms with Gasteiger partial charge in [0.05, 0.1) is 0 Å². The molecule has 9 nitrogen and oxygen atoms in total. The van der Waals surface area contributed by atoms with Crippen molar-refractivity contribution in [3.05, 3.63) is 101 Å². The topological polar surface area (TPSA) is 139 Å². The van der Waals surface area contributed by atoms with Crippen LogP contribution in [-0.2, 0) is 19.7 Å². The first kappa shape index (κ1) is 26.2. The van der Waals surface area contributed by atoms with E-state index < -0.39 is 33.9 Å². The molecule has 36 heavy (non-hydrogen) atoms. The maximum Gasteiger partial charge on any atom is 0.339 e. The molecule has 0 aromatic heterocycles. The summed E-state index contributed by atoms with van der Waals surface area (Å²) in [7, 11) is -4.04. The zero-order chi connectivity index (χ0) is 26.3.